The number of likely N-dealkylation sites (tertiary alicyclic amines) is 1. The van der Waals surface area contributed by atoms with Gasteiger partial charge in [-0.15, -0.1) is 0 Å². The Labute approximate surface area is 201 Å². The predicted octanol–water partition coefficient (Wildman–Crippen LogP) is 2.95. The number of nitrogen functional groups attached to an aromatic ring is 1. The van der Waals surface area contributed by atoms with Gasteiger partial charge in [0.1, 0.15) is 17.9 Å². The van der Waals surface area contributed by atoms with Crippen LogP contribution in [-0.4, -0.2) is 54.8 Å². The Morgan fingerprint density at radius 1 is 1.09 bits per heavy atom. The summed E-state index contributed by atoms with van der Waals surface area (Å²) in [5.41, 5.74) is 11.5. The third-order valence-corrected chi connectivity index (χ3v) is 6.97. The number of carbonyl (C=O) groups excluding carboxylic acids is 1. The number of halogens is 1. The van der Waals surface area contributed by atoms with E-state index < -0.39 is 6.08 Å². The molecule has 35 heavy (non-hydrogen) atoms. The van der Waals surface area contributed by atoms with Crippen LogP contribution in [0.1, 0.15) is 41.8 Å². The Bertz CT molecular complexity index is 1410. The molecule has 1 aromatic carbocycles. The highest BCUT2D eigenvalue weighted by molar-refractivity contribution is 5.83. The molecular formula is C25H26FN7O2. The minimum atomic E-state index is -0.870. The van der Waals surface area contributed by atoms with Gasteiger partial charge < -0.3 is 14.7 Å². The molecule has 1 aliphatic heterocycles. The SMILES string of the molecule is Nc1nc(F)nc2c1nc(Cc1cc3c(cc1-c1ncco1)CCC3)n2CCCN1CCC(=O)C1. The molecule has 0 saturated carbocycles. The van der Waals surface area contributed by atoms with Crippen LogP contribution in [0.4, 0.5) is 10.2 Å². The molecule has 0 amide bonds. The van der Waals surface area contributed by atoms with Crippen molar-refractivity contribution in [3.05, 3.63) is 53.2 Å². The van der Waals surface area contributed by atoms with Crippen LogP contribution in [0, 0.1) is 6.08 Å². The molecule has 9 nitrogen and oxygen atoms in total. The first-order chi connectivity index (χ1) is 17.0. The number of ketones is 1. The number of fused-ring (bicyclic) bond motifs is 2. The zero-order valence-corrected chi connectivity index (χ0v) is 19.3. The monoisotopic (exact) mass is 475 g/mol. The summed E-state index contributed by atoms with van der Waals surface area (Å²) >= 11 is 0. The van der Waals surface area contributed by atoms with Gasteiger partial charge in [0.25, 0.3) is 0 Å². The van der Waals surface area contributed by atoms with Crippen LogP contribution in [0.2, 0.25) is 0 Å². The number of benzene rings is 1. The lowest BCUT2D eigenvalue weighted by molar-refractivity contribution is -0.116. The highest BCUT2D eigenvalue weighted by Crippen LogP contribution is 2.33. The van der Waals surface area contributed by atoms with E-state index in [-0.39, 0.29) is 11.6 Å². The normalized spacial score (nSPS) is 16.0. The summed E-state index contributed by atoms with van der Waals surface area (Å²) in [4.78, 5) is 30.6. The lowest BCUT2D eigenvalue weighted by Gasteiger charge is -2.15. The number of imidazole rings is 1. The number of aromatic nitrogens is 5. The van der Waals surface area contributed by atoms with E-state index in [2.05, 4.69) is 32.0 Å². The topological polar surface area (TPSA) is 116 Å². The van der Waals surface area contributed by atoms with E-state index in [1.165, 1.54) is 11.1 Å². The summed E-state index contributed by atoms with van der Waals surface area (Å²) in [5.74, 6) is 1.60. The van der Waals surface area contributed by atoms with E-state index in [0.29, 0.717) is 43.0 Å². The Morgan fingerprint density at radius 3 is 2.71 bits per heavy atom. The molecule has 3 aromatic heterocycles. The number of aryl methyl sites for hydroxylation is 3. The van der Waals surface area contributed by atoms with E-state index >= 15 is 0 Å². The first-order valence-electron chi connectivity index (χ1n) is 12.0. The highest BCUT2D eigenvalue weighted by atomic mass is 19.1. The first-order valence-corrected chi connectivity index (χ1v) is 12.0. The van der Waals surface area contributed by atoms with Gasteiger partial charge in [0.15, 0.2) is 17.0 Å². The van der Waals surface area contributed by atoms with Crippen LogP contribution in [0.15, 0.2) is 29.0 Å². The van der Waals surface area contributed by atoms with Gasteiger partial charge in [-0.25, -0.2) is 9.97 Å². The average molecular weight is 476 g/mol. The number of Topliss-reactive ketones (excluding diaryl/α,β-unsaturated/α-hetero) is 1. The average Bonchev–Trinajstić information content (AvgIpc) is 3.62. The molecule has 6 rings (SSSR count). The van der Waals surface area contributed by atoms with Crippen molar-refractivity contribution in [2.45, 2.75) is 45.1 Å². The largest absolute Gasteiger partial charge is 0.445 e. The van der Waals surface area contributed by atoms with E-state index in [1.807, 2.05) is 4.57 Å². The molecule has 1 saturated heterocycles. The van der Waals surface area contributed by atoms with Crippen molar-refractivity contribution in [3.63, 3.8) is 0 Å². The van der Waals surface area contributed by atoms with Crippen LogP contribution < -0.4 is 5.73 Å². The van der Waals surface area contributed by atoms with Crippen molar-refractivity contribution < 1.29 is 13.6 Å². The molecule has 4 heterocycles. The third-order valence-electron chi connectivity index (χ3n) is 6.97. The lowest BCUT2D eigenvalue weighted by atomic mass is 9.97. The maximum absolute atomic E-state index is 14.1. The molecule has 1 fully saturated rings. The summed E-state index contributed by atoms with van der Waals surface area (Å²) in [6.07, 6.45) is 7.44. The number of nitrogens with zero attached hydrogens (tertiary/aromatic N) is 6. The van der Waals surface area contributed by atoms with Gasteiger partial charge in [-0.05, 0) is 48.4 Å². The second kappa shape index (κ2) is 8.84. The van der Waals surface area contributed by atoms with Crippen LogP contribution in [0.25, 0.3) is 22.6 Å². The van der Waals surface area contributed by atoms with Crippen LogP contribution in [0.3, 0.4) is 0 Å². The number of carbonyl (C=O) groups is 1. The van der Waals surface area contributed by atoms with Gasteiger partial charge >= 0.3 is 6.08 Å². The minimum absolute atomic E-state index is 0.0273. The second-order valence-electron chi connectivity index (χ2n) is 9.29. The molecule has 1 aliphatic carbocycles. The molecule has 2 aliphatic rings. The number of rotatable bonds is 7. The third kappa shape index (κ3) is 4.18. The number of hydrogen-bond donors (Lipinski definition) is 1. The van der Waals surface area contributed by atoms with Crippen molar-refractivity contribution in [1.82, 2.24) is 29.4 Å². The van der Waals surface area contributed by atoms with Crippen molar-refractivity contribution in [2.75, 3.05) is 25.4 Å². The molecule has 4 aromatic rings. The van der Waals surface area contributed by atoms with Crippen molar-refractivity contribution in [3.8, 4) is 11.5 Å². The first kappa shape index (κ1) is 21.8. The van der Waals surface area contributed by atoms with E-state index in [1.54, 1.807) is 12.5 Å². The van der Waals surface area contributed by atoms with Crippen LogP contribution >= 0.6 is 0 Å². The Hall–Kier alpha value is -3.66. The van der Waals surface area contributed by atoms with Gasteiger partial charge in [0, 0.05) is 38.0 Å². The second-order valence-corrected chi connectivity index (χ2v) is 9.29. The zero-order valence-electron chi connectivity index (χ0n) is 19.3. The van der Waals surface area contributed by atoms with Crippen molar-refractivity contribution in [1.29, 1.82) is 0 Å². The fraction of sp³-hybridized carbons (Fsp3) is 0.400. The van der Waals surface area contributed by atoms with Crippen LogP contribution in [0.5, 0.6) is 0 Å². The highest BCUT2D eigenvalue weighted by Gasteiger charge is 2.23. The van der Waals surface area contributed by atoms with E-state index in [4.69, 9.17) is 15.1 Å². The summed E-state index contributed by atoms with van der Waals surface area (Å²) in [6, 6.07) is 4.39. The molecule has 0 atom stereocenters. The fourth-order valence-corrected chi connectivity index (χ4v) is 5.29. The van der Waals surface area contributed by atoms with Crippen molar-refractivity contribution in [2.24, 2.45) is 0 Å². The summed E-state index contributed by atoms with van der Waals surface area (Å²) in [6.45, 7) is 2.63. The molecule has 10 heteroatoms. The van der Waals surface area contributed by atoms with Gasteiger partial charge in [0.05, 0.1) is 12.7 Å². The molecule has 0 bridgehead atoms. The zero-order chi connectivity index (χ0) is 23.9. The quantitative estimate of drug-likeness (QED) is 0.406. The maximum atomic E-state index is 14.1. The summed E-state index contributed by atoms with van der Waals surface area (Å²) in [5, 5.41) is 0. The van der Waals surface area contributed by atoms with E-state index in [0.717, 1.165) is 55.7 Å². The number of nitrogens with two attached hydrogens (primary N) is 1. The lowest BCUT2D eigenvalue weighted by Crippen LogP contribution is -2.23. The van der Waals surface area contributed by atoms with E-state index in [9.17, 15) is 9.18 Å². The number of anilines is 1. The molecule has 0 unspecified atom stereocenters. The molecule has 2 N–H and O–H groups in total. The molecule has 0 spiro atoms. The molecular weight excluding hydrogens is 449 g/mol. The minimum Gasteiger partial charge on any atom is -0.445 e. The van der Waals surface area contributed by atoms with Gasteiger partial charge in [-0.1, -0.05) is 6.07 Å². The van der Waals surface area contributed by atoms with Crippen molar-refractivity contribution >= 4 is 22.8 Å². The molecule has 180 valence electrons. The Morgan fingerprint density at radius 2 is 1.94 bits per heavy atom. The fourth-order valence-electron chi connectivity index (χ4n) is 5.29. The van der Waals surface area contributed by atoms with Gasteiger partial charge in [0.2, 0.25) is 5.89 Å². The summed E-state index contributed by atoms with van der Waals surface area (Å²) < 4.78 is 21.7. The standard InChI is InChI=1S/C25H26FN7O2/c26-25-30-22(27)21-23(31-25)33(8-2-7-32-9-5-18(34)14-32)20(29-21)13-17-11-15-3-1-4-16(15)12-19(17)24-28-6-10-35-24/h6,10-12H,1-5,7-9,13-14H2,(H2,27,30,31). The smallest absolute Gasteiger partial charge is 0.312 e. The number of oxazole rings is 1. The number of hydrogen-bond acceptors (Lipinski definition) is 8. The Balaban J connectivity index is 1.37. The van der Waals surface area contributed by atoms with Gasteiger partial charge in [-0.3, -0.25) is 9.69 Å². The van der Waals surface area contributed by atoms with Crippen LogP contribution in [-0.2, 0) is 30.6 Å². The predicted molar refractivity (Wildman–Crippen MR) is 127 cm³/mol. The summed E-state index contributed by atoms with van der Waals surface area (Å²) in [7, 11) is 0. The Kier molecular flexibility index (Phi) is 5.52. The van der Waals surface area contributed by atoms with Gasteiger partial charge in [-0.2, -0.15) is 14.4 Å². The maximum Gasteiger partial charge on any atom is 0.312 e. The molecule has 0 radical (unpaired) electrons.